The third-order valence-corrected chi connectivity index (χ3v) is 2.28. The van der Waals surface area contributed by atoms with Gasteiger partial charge in [-0.2, -0.15) is 0 Å². The van der Waals surface area contributed by atoms with Crippen LogP contribution in [0.2, 0.25) is 0 Å². The number of carbonyl (C=O) groups excluding carboxylic acids is 1. The molecule has 6 heteroatoms. The van der Waals surface area contributed by atoms with Crippen molar-refractivity contribution in [3.8, 4) is 0 Å². The summed E-state index contributed by atoms with van der Waals surface area (Å²) < 4.78 is 5.10. The Morgan fingerprint density at radius 3 is 2.56 bits per heavy atom. The molecule has 0 saturated carbocycles. The standard InChI is InChI=1S/C10H16N4O2/c1-5(16-3)4-7-13-6(2)8(10(12)15)9(11)14-7/h5H,4H2,1-3H3,(H2,12,15)(H2,11,13,14). The largest absolute Gasteiger partial charge is 0.383 e. The molecule has 16 heavy (non-hydrogen) atoms. The minimum Gasteiger partial charge on any atom is -0.383 e. The highest BCUT2D eigenvalue weighted by molar-refractivity contribution is 5.98. The third-order valence-electron chi connectivity index (χ3n) is 2.28. The molecule has 0 aliphatic heterocycles. The van der Waals surface area contributed by atoms with E-state index in [0.717, 1.165) is 0 Å². The highest BCUT2D eigenvalue weighted by Gasteiger charge is 2.15. The van der Waals surface area contributed by atoms with E-state index in [1.54, 1.807) is 14.0 Å². The predicted octanol–water partition coefficient (Wildman–Crippen LogP) is 0.0435. The molecular formula is C10H16N4O2. The lowest BCUT2D eigenvalue weighted by molar-refractivity contribution is 0.0999. The van der Waals surface area contributed by atoms with E-state index in [-0.39, 0.29) is 17.5 Å². The van der Waals surface area contributed by atoms with Crippen molar-refractivity contribution in [1.29, 1.82) is 0 Å². The molecular weight excluding hydrogens is 208 g/mol. The van der Waals surface area contributed by atoms with Crippen molar-refractivity contribution in [2.45, 2.75) is 26.4 Å². The van der Waals surface area contributed by atoms with Gasteiger partial charge in [-0.3, -0.25) is 4.79 Å². The van der Waals surface area contributed by atoms with E-state index in [1.165, 1.54) is 0 Å². The van der Waals surface area contributed by atoms with Gasteiger partial charge >= 0.3 is 0 Å². The molecule has 6 nitrogen and oxygen atoms in total. The van der Waals surface area contributed by atoms with Gasteiger partial charge in [-0.05, 0) is 13.8 Å². The quantitative estimate of drug-likeness (QED) is 0.751. The normalized spacial score (nSPS) is 12.4. The number of methoxy groups -OCH3 is 1. The third kappa shape index (κ3) is 2.66. The van der Waals surface area contributed by atoms with Crippen LogP contribution in [0, 0.1) is 6.92 Å². The van der Waals surface area contributed by atoms with Crippen LogP contribution >= 0.6 is 0 Å². The highest BCUT2D eigenvalue weighted by Crippen LogP contribution is 2.13. The Bertz CT molecular complexity index is 383. The fraction of sp³-hybridized carbons (Fsp3) is 0.500. The van der Waals surface area contributed by atoms with Gasteiger partial charge < -0.3 is 16.2 Å². The van der Waals surface area contributed by atoms with Crippen molar-refractivity contribution in [1.82, 2.24) is 9.97 Å². The van der Waals surface area contributed by atoms with Gasteiger partial charge in [-0.1, -0.05) is 0 Å². The number of amides is 1. The second-order valence-corrected chi connectivity index (χ2v) is 3.60. The Hall–Kier alpha value is -1.69. The summed E-state index contributed by atoms with van der Waals surface area (Å²) in [7, 11) is 1.61. The van der Waals surface area contributed by atoms with Crippen molar-refractivity contribution in [3.05, 3.63) is 17.1 Å². The van der Waals surface area contributed by atoms with E-state index in [1.807, 2.05) is 6.92 Å². The topological polar surface area (TPSA) is 104 Å². The first kappa shape index (κ1) is 12.4. The van der Waals surface area contributed by atoms with Crippen LogP contribution < -0.4 is 11.5 Å². The van der Waals surface area contributed by atoms with E-state index in [0.29, 0.717) is 17.9 Å². The number of hydrogen-bond donors (Lipinski definition) is 2. The van der Waals surface area contributed by atoms with Crippen LogP contribution in [0.1, 0.15) is 28.8 Å². The lowest BCUT2D eigenvalue weighted by atomic mass is 10.2. The first-order chi connectivity index (χ1) is 7.45. The van der Waals surface area contributed by atoms with Gasteiger partial charge in [0.05, 0.1) is 11.8 Å². The molecule has 1 atom stereocenters. The molecule has 4 N–H and O–H groups in total. The Morgan fingerprint density at radius 1 is 1.50 bits per heavy atom. The zero-order chi connectivity index (χ0) is 12.3. The molecule has 0 saturated heterocycles. The van der Waals surface area contributed by atoms with Gasteiger partial charge in [0, 0.05) is 13.5 Å². The number of hydrogen-bond acceptors (Lipinski definition) is 5. The molecule has 0 aliphatic rings. The minimum absolute atomic E-state index is 0.00164. The number of rotatable bonds is 4. The molecule has 1 unspecified atom stereocenters. The summed E-state index contributed by atoms with van der Waals surface area (Å²) in [5, 5.41) is 0. The summed E-state index contributed by atoms with van der Waals surface area (Å²) in [5.41, 5.74) is 11.5. The van der Waals surface area contributed by atoms with Crippen molar-refractivity contribution < 1.29 is 9.53 Å². The van der Waals surface area contributed by atoms with Crippen LogP contribution in [-0.4, -0.2) is 29.1 Å². The zero-order valence-corrected chi connectivity index (χ0v) is 9.65. The van der Waals surface area contributed by atoms with E-state index in [9.17, 15) is 4.79 Å². The summed E-state index contributed by atoms with van der Waals surface area (Å²) in [6.07, 6.45) is 0.541. The molecule has 88 valence electrons. The van der Waals surface area contributed by atoms with Crippen molar-refractivity contribution in [3.63, 3.8) is 0 Å². The van der Waals surface area contributed by atoms with Crippen molar-refractivity contribution in [2.24, 2.45) is 5.73 Å². The molecule has 1 rings (SSSR count). The summed E-state index contributed by atoms with van der Waals surface area (Å²) in [6, 6.07) is 0. The molecule has 1 amide bonds. The predicted molar refractivity (Wildman–Crippen MR) is 59.9 cm³/mol. The zero-order valence-electron chi connectivity index (χ0n) is 9.65. The number of nitrogens with two attached hydrogens (primary N) is 2. The molecule has 0 radical (unpaired) electrons. The number of carbonyl (C=O) groups is 1. The second kappa shape index (κ2) is 4.89. The lowest BCUT2D eigenvalue weighted by Gasteiger charge is -2.11. The molecule has 1 heterocycles. The summed E-state index contributed by atoms with van der Waals surface area (Å²) in [4.78, 5) is 19.3. The number of nitrogen functional groups attached to an aromatic ring is 1. The maximum Gasteiger partial charge on any atom is 0.254 e. The van der Waals surface area contributed by atoms with Gasteiger partial charge in [-0.15, -0.1) is 0 Å². The number of ether oxygens (including phenoxy) is 1. The van der Waals surface area contributed by atoms with E-state index in [2.05, 4.69) is 9.97 Å². The van der Waals surface area contributed by atoms with Crippen LogP contribution in [0.3, 0.4) is 0 Å². The number of anilines is 1. The Balaban J connectivity index is 3.05. The average molecular weight is 224 g/mol. The van der Waals surface area contributed by atoms with Crippen molar-refractivity contribution in [2.75, 3.05) is 12.8 Å². The van der Waals surface area contributed by atoms with E-state index < -0.39 is 5.91 Å². The minimum atomic E-state index is -0.610. The fourth-order valence-electron chi connectivity index (χ4n) is 1.39. The maximum atomic E-state index is 11.1. The van der Waals surface area contributed by atoms with Gasteiger partial charge in [0.25, 0.3) is 5.91 Å². The van der Waals surface area contributed by atoms with Gasteiger partial charge in [0.1, 0.15) is 17.2 Å². The van der Waals surface area contributed by atoms with E-state index in [4.69, 9.17) is 16.2 Å². The van der Waals surface area contributed by atoms with Gasteiger partial charge in [-0.25, -0.2) is 9.97 Å². The fourth-order valence-corrected chi connectivity index (χ4v) is 1.39. The Morgan fingerprint density at radius 2 is 2.12 bits per heavy atom. The Labute approximate surface area is 94.0 Å². The molecule has 1 aromatic heterocycles. The molecule has 0 aliphatic carbocycles. The number of aryl methyl sites for hydroxylation is 1. The number of nitrogens with zero attached hydrogens (tertiary/aromatic N) is 2. The first-order valence-corrected chi connectivity index (χ1v) is 4.91. The van der Waals surface area contributed by atoms with E-state index >= 15 is 0 Å². The van der Waals surface area contributed by atoms with Gasteiger partial charge in [0.2, 0.25) is 0 Å². The monoisotopic (exact) mass is 224 g/mol. The molecule has 0 spiro atoms. The Kier molecular flexibility index (Phi) is 3.78. The molecule has 0 bridgehead atoms. The van der Waals surface area contributed by atoms with Crippen molar-refractivity contribution >= 4 is 11.7 Å². The summed E-state index contributed by atoms with van der Waals surface area (Å²) in [5.74, 6) is 0.0639. The lowest BCUT2D eigenvalue weighted by Crippen LogP contribution is -2.20. The number of primary amides is 1. The number of aromatic nitrogens is 2. The van der Waals surface area contributed by atoms with Crippen LogP contribution in [-0.2, 0) is 11.2 Å². The summed E-state index contributed by atoms with van der Waals surface area (Å²) in [6.45, 7) is 3.58. The van der Waals surface area contributed by atoms with Crippen LogP contribution in [0.25, 0.3) is 0 Å². The highest BCUT2D eigenvalue weighted by atomic mass is 16.5. The average Bonchev–Trinajstić information content (AvgIpc) is 2.15. The van der Waals surface area contributed by atoms with Crippen LogP contribution in [0.5, 0.6) is 0 Å². The smallest absolute Gasteiger partial charge is 0.254 e. The summed E-state index contributed by atoms with van der Waals surface area (Å²) >= 11 is 0. The molecule has 0 fully saturated rings. The van der Waals surface area contributed by atoms with Crippen LogP contribution in [0.15, 0.2) is 0 Å². The van der Waals surface area contributed by atoms with Gasteiger partial charge in [0.15, 0.2) is 0 Å². The second-order valence-electron chi connectivity index (χ2n) is 3.60. The first-order valence-electron chi connectivity index (χ1n) is 4.91. The molecule has 0 aromatic carbocycles. The maximum absolute atomic E-state index is 11.1. The molecule has 1 aromatic rings. The van der Waals surface area contributed by atoms with Crippen LogP contribution in [0.4, 0.5) is 5.82 Å². The SMILES string of the molecule is COC(C)Cc1nc(C)c(C(N)=O)c(N)n1.